The SMILES string of the molecule is CCOCCn1c(=NC(=O)c2ccc(S(=O)(=O)N(CCC#N)CCC#N)cc2)sc2cc(NC(C)=O)ccc21. The van der Waals surface area contributed by atoms with Gasteiger partial charge in [-0.15, -0.1) is 0 Å². The minimum absolute atomic E-state index is 0.00905. The number of carbonyl (C=O) groups is 2. The van der Waals surface area contributed by atoms with Crippen molar-refractivity contribution in [3.63, 3.8) is 0 Å². The molecule has 0 unspecified atom stereocenters. The number of nitrogens with one attached hydrogen (secondary N) is 1. The molecule has 0 aliphatic heterocycles. The number of rotatable bonds is 12. The van der Waals surface area contributed by atoms with Gasteiger partial charge in [0.1, 0.15) is 0 Å². The number of hydrogen-bond donors (Lipinski definition) is 1. The molecule has 0 aliphatic rings. The van der Waals surface area contributed by atoms with Crippen molar-refractivity contribution < 1.29 is 22.7 Å². The Balaban J connectivity index is 1.94. The van der Waals surface area contributed by atoms with Crippen LogP contribution in [0, 0.1) is 22.7 Å². The maximum atomic E-state index is 13.1. The average molecular weight is 569 g/mol. The highest BCUT2D eigenvalue weighted by Gasteiger charge is 2.24. The third kappa shape index (κ3) is 7.59. The van der Waals surface area contributed by atoms with E-state index in [9.17, 15) is 18.0 Å². The van der Waals surface area contributed by atoms with E-state index in [1.807, 2.05) is 35.8 Å². The Morgan fingerprint density at radius 2 is 1.77 bits per heavy atom. The number of nitrogens with zero attached hydrogens (tertiary/aromatic N) is 5. The molecular weight excluding hydrogens is 540 g/mol. The molecule has 0 bridgehead atoms. The summed E-state index contributed by atoms with van der Waals surface area (Å²) in [5, 5.41) is 20.5. The van der Waals surface area contributed by atoms with Gasteiger partial charge in [-0.1, -0.05) is 11.3 Å². The van der Waals surface area contributed by atoms with Crippen molar-refractivity contribution >= 4 is 49.1 Å². The standard InChI is InChI=1S/C26H28N6O5S2/c1-3-37-17-16-32-23-11-8-21(29-19(2)33)18-24(23)38-26(32)30-25(34)20-6-9-22(10-7-20)39(35,36)31(14-4-12-27)15-5-13-28/h6-11,18H,3-5,14-17H2,1-2H3,(H,29,33). The summed E-state index contributed by atoms with van der Waals surface area (Å²) in [5.74, 6) is -0.748. The number of sulfonamides is 1. The van der Waals surface area contributed by atoms with Gasteiger partial charge in [0, 0.05) is 57.3 Å². The molecular formula is C26H28N6O5S2. The van der Waals surface area contributed by atoms with Crippen molar-refractivity contribution in [2.24, 2.45) is 4.99 Å². The highest BCUT2D eigenvalue weighted by Crippen LogP contribution is 2.23. The Labute approximate surface area is 230 Å². The molecule has 0 fully saturated rings. The van der Waals surface area contributed by atoms with E-state index in [1.165, 1.54) is 42.5 Å². The van der Waals surface area contributed by atoms with E-state index in [-0.39, 0.29) is 42.3 Å². The number of amides is 2. The van der Waals surface area contributed by atoms with Gasteiger partial charge in [0.15, 0.2) is 4.80 Å². The van der Waals surface area contributed by atoms with Crippen molar-refractivity contribution in [2.45, 2.75) is 38.1 Å². The van der Waals surface area contributed by atoms with Crippen molar-refractivity contribution in [3.8, 4) is 12.1 Å². The summed E-state index contributed by atoms with van der Waals surface area (Å²) in [6.07, 6.45) is -0.0181. The molecule has 1 aromatic heterocycles. The van der Waals surface area contributed by atoms with Gasteiger partial charge in [-0.05, 0) is 49.4 Å². The van der Waals surface area contributed by atoms with E-state index in [4.69, 9.17) is 15.3 Å². The number of nitriles is 2. The fourth-order valence-electron chi connectivity index (χ4n) is 3.73. The normalized spacial score (nSPS) is 11.9. The van der Waals surface area contributed by atoms with Crippen LogP contribution < -0.4 is 10.1 Å². The third-order valence-electron chi connectivity index (χ3n) is 5.55. The number of anilines is 1. The van der Waals surface area contributed by atoms with Gasteiger partial charge < -0.3 is 14.6 Å². The molecule has 1 heterocycles. The predicted molar refractivity (Wildman–Crippen MR) is 146 cm³/mol. The van der Waals surface area contributed by atoms with Crippen LogP contribution in [0.1, 0.15) is 37.0 Å². The lowest BCUT2D eigenvalue weighted by Gasteiger charge is -2.20. The Morgan fingerprint density at radius 1 is 1.10 bits per heavy atom. The van der Waals surface area contributed by atoms with Gasteiger partial charge in [-0.25, -0.2) is 8.42 Å². The fourth-order valence-corrected chi connectivity index (χ4v) is 6.26. The number of ether oxygens (including phenoxy) is 1. The van der Waals surface area contributed by atoms with Crippen LogP contribution in [0.4, 0.5) is 5.69 Å². The maximum absolute atomic E-state index is 13.1. The van der Waals surface area contributed by atoms with E-state index in [1.54, 1.807) is 6.07 Å². The Kier molecular flexibility index (Phi) is 10.5. The summed E-state index contributed by atoms with van der Waals surface area (Å²) >= 11 is 1.29. The molecule has 39 heavy (non-hydrogen) atoms. The minimum Gasteiger partial charge on any atom is -0.380 e. The summed E-state index contributed by atoms with van der Waals surface area (Å²) in [6, 6.07) is 14.7. The molecule has 0 saturated heterocycles. The maximum Gasteiger partial charge on any atom is 0.279 e. The van der Waals surface area contributed by atoms with Crippen LogP contribution in [0.5, 0.6) is 0 Å². The number of carbonyl (C=O) groups excluding carboxylic acids is 2. The largest absolute Gasteiger partial charge is 0.380 e. The van der Waals surface area contributed by atoms with Crippen LogP contribution in [0.3, 0.4) is 0 Å². The lowest BCUT2D eigenvalue weighted by molar-refractivity contribution is -0.114. The van der Waals surface area contributed by atoms with E-state index in [0.29, 0.717) is 30.2 Å². The smallest absolute Gasteiger partial charge is 0.279 e. The highest BCUT2D eigenvalue weighted by molar-refractivity contribution is 7.89. The zero-order valence-corrected chi connectivity index (χ0v) is 23.2. The number of fused-ring (bicyclic) bond motifs is 1. The first-order chi connectivity index (χ1) is 18.7. The van der Waals surface area contributed by atoms with Gasteiger partial charge >= 0.3 is 0 Å². The average Bonchev–Trinajstić information content (AvgIpc) is 3.24. The van der Waals surface area contributed by atoms with Crippen LogP contribution in [0.15, 0.2) is 52.4 Å². The Morgan fingerprint density at radius 3 is 2.36 bits per heavy atom. The lowest BCUT2D eigenvalue weighted by atomic mass is 10.2. The number of aromatic nitrogens is 1. The molecule has 0 radical (unpaired) electrons. The Bertz CT molecular complexity index is 1580. The third-order valence-corrected chi connectivity index (χ3v) is 8.50. The van der Waals surface area contributed by atoms with E-state index in [0.717, 1.165) is 14.5 Å². The summed E-state index contributed by atoms with van der Waals surface area (Å²) < 4.78 is 35.4. The van der Waals surface area contributed by atoms with Crippen LogP contribution in [-0.4, -0.2) is 55.4 Å². The topological polar surface area (TPSA) is 158 Å². The van der Waals surface area contributed by atoms with Crippen LogP contribution in [0.2, 0.25) is 0 Å². The monoisotopic (exact) mass is 568 g/mol. The zero-order chi connectivity index (χ0) is 28.4. The summed E-state index contributed by atoms with van der Waals surface area (Å²) in [7, 11) is -3.95. The van der Waals surface area contributed by atoms with Gasteiger partial charge in [0.2, 0.25) is 15.9 Å². The van der Waals surface area contributed by atoms with Crippen LogP contribution >= 0.6 is 11.3 Å². The predicted octanol–water partition coefficient (Wildman–Crippen LogP) is 3.26. The molecule has 0 spiro atoms. The van der Waals surface area contributed by atoms with E-state index >= 15 is 0 Å². The van der Waals surface area contributed by atoms with Gasteiger partial charge in [-0.3, -0.25) is 9.59 Å². The van der Waals surface area contributed by atoms with Gasteiger partial charge in [0.25, 0.3) is 5.91 Å². The van der Waals surface area contributed by atoms with Crippen molar-refractivity contribution in [3.05, 3.63) is 52.8 Å². The summed E-state index contributed by atoms with van der Waals surface area (Å²) in [4.78, 5) is 29.2. The van der Waals surface area contributed by atoms with Gasteiger partial charge in [-0.2, -0.15) is 19.8 Å². The molecule has 204 valence electrons. The number of thiazole rings is 1. The second-order valence-corrected chi connectivity index (χ2v) is 11.2. The molecule has 11 nitrogen and oxygen atoms in total. The van der Waals surface area contributed by atoms with E-state index < -0.39 is 15.9 Å². The first-order valence-corrected chi connectivity index (χ1v) is 14.4. The molecule has 2 amide bonds. The van der Waals surface area contributed by atoms with Crippen LogP contribution in [0.25, 0.3) is 10.2 Å². The molecule has 0 saturated carbocycles. The molecule has 1 N–H and O–H groups in total. The Hall–Kier alpha value is -3.88. The van der Waals surface area contributed by atoms with E-state index in [2.05, 4.69) is 10.3 Å². The minimum atomic E-state index is -3.95. The van der Waals surface area contributed by atoms with Crippen LogP contribution in [-0.2, 0) is 26.1 Å². The molecule has 0 aliphatic carbocycles. The summed E-state index contributed by atoms with van der Waals surface area (Å²) in [5.41, 5.74) is 1.65. The number of hydrogen-bond acceptors (Lipinski definition) is 8. The highest BCUT2D eigenvalue weighted by atomic mass is 32.2. The van der Waals surface area contributed by atoms with Crippen molar-refractivity contribution in [2.75, 3.05) is 31.6 Å². The molecule has 13 heteroatoms. The number of benzene rings is 2. The second kappa shape index (κ2) is 13.8. The fraction of sp³-hybridized carbons (Fsp3) is 0.346. The second-order valence-electron chi connectivity index (χ2n) is 8.26. The zero-order valence-electron chi connectivity index (χ0n) is 21.6. The van der Waals surface area contributed by atoms with Crippen molar-refractivity contribution in [1.29, 1.82) is 10.5 Å². The molecule has 3 aromatic rings. The lowest BCUT2D eigenvalue weighted by Crippen LogP contribution is -2.32. The molecule has 2 aromatic carbocycles. The summed E-state index contributed by atoms with van der Waals surface area (Å²) in [6.45, 7) is 4.66. The molecule has 0 atom stereocenters. The quantitative estimate of drug-likeness (QED) is 0.328. The first-order valence-electron chi connectivity index (χ1n) is 12.1. The van der Waals surface area contributed by atoms with Gasteiger partial charge in [0.05, 0.1) is 33.9 Å². The first kappa shape index (κ1) is 29.7. The molecule has 3 rings (SSSR count). The van der Waals surface area contributed by atoms with Crippen molar-refractivity contribution in [1.82, 2.24) is 8.87 Å².